The summed E-state index contributed by atoms with van der Waals surface area (Å²) < 4.78 is 0. The molecule has 0 bridgehead atoms. The molecule has 4 atom stereocenters. The number of carbonyl (C=O) groups excluding carboxylic acids is 5. The first-order valence-corrected chi connectivity index (χ1v) is 12.8. The van der Waals surface area contributed by atoms with Gasteiger partial charge in [-0.15, -0.1) is 0 Å². The zero-order valence-electron chi connectivity index (χ0n) is 22.2. The first-order valence-electron chi connectivity index (χ1n) is 12.8. The van der Waals surface area contributed by atoms with Crippen molar-refractivity contribution in [3.05, 3.63) is 0 Å². The van der Waals surface area contributed by atoms with Gasteiger partial charge in [0, 0.05) is 13.5 Å². The van der Waals surface area contributed by atoms with Gasteiger partial charge in [0.25, 0.3) is 0 Å². The van der Waals surface area contributed by atoms with E-state index in [0.29, 0.717) is 45.2 Å². The molecule has 10 nitrogen and oxygen atoms in total. The quantitative estimate of drug-likeness (QED) is 0.263. The van der Waals surface area contributed by atoms with Gasteiger partial charge < -0.3 is 26.6 Å². The number of nitrogens with two attached hydrogens (primary N) is 1. The number of carbonyl (C=O) groups is 5. The van der Waals surface area contributed by atoms with Crippen molar-refractivity contribution >= 4 is 29.4 Å². The van der Waals surface area contributed by atoms with Gasteiger partial charge in [-0.25, -0.2) is 0 Å². The molecular formula is C25H45N5O5. The third-order valence-electron chi connectivity index (χ3n) is 6.22. The molecule has 1 rings (SSSR count). The smallest absolute Gasteiger partial charge is 0.246 e. The van der Waals surface area contributed by atoms with Gasteiger partial charge in [-0.3, -0.25) is 24.0 Å². The lowest BCUT2D eigenvalue weighted by atomic mass is 9.99. The molecule has 0 aliphatic carbocycles. The molecule has 0 spiro atoms. The molecule has 200 valence electrons. The second-order valence-corrected chi connectivity index (χ2v) is 10.3. The van der Waals surface area contributed by atoms with Crippen molar-refractivity contribution in [1.29, 1.82) is 0 Å². The molecule has 1 fully saturated rings. The van der Waals surface area contributed by atoms with Crippen LogP contribution >= 0.6 is 0 Å². The lowest BCUT2D eigenvalue weighted by Crippen LogP contribution is -2.58. The zero-order valence-corrected chi connectivity index (χ0v) is 22.2. The van der Waals surface area contributed by atoms with Crippen LogP contribution in [0.5, 0.6) is 0 Å². The Morgan fingerprint density at radius 1 is 0.943 bits per heavy atom. The third kappa shape index (κ3) is 9.95. The predicted octanol–water partition coefficient (Wildman–Crippen LogP) is 0.872. The van der Waals surface area contributed by atoms with E-state index in [0.717, 1.165) is 6.42 Å². The van der Waals surface area contributed by atoms with Crippen LogP contribution in [0.15, 0.2) is 0 Å². The average Bonchev–Trinajstić information content (AvgIpc) is 3.25. The minimum absolute atomic E-state index is 0.117. The lowest BCUT2D eigenvalue weighted by Gasteiger charge is -2.32. The standard InChI is InChI=1S/C25H45N5O5/c1-15(2)14-20(17(5)31)28-24(34)21-11-9-13-30(21)25(35)22(16(3)4)29-23(33)19(27-18(6)32)10-7-8-12-26/h15-16,19-22H,7-14,26H2,1-6H3,(H,27,32)(H,28,34)(H,29,33)/t19-,20-,21-,22-/m0/s1. The summed E-state index contributed by atoms with van der Waals surface area (Å²) >= 11 is 0. The van der Waals surface area contributed by atoms with Gasteiger partial charge in [0.15, 0.2) is 5.78 Å². The fourth-order valence-corrected chi connectivity index (χ4v) is 4.32. The number of ketones is 1. The molecule has 1 aliphatic rings. The summed E-state index contributed by atoms with van der Waals surface area (Å²) in [6.07, 6.45) is 3.48. The molecule has 10 heteroatoms. The van der Waals surface area contributed by atoms with E-state index in [2.05, 4.69) is 16.0 Å². The maximum atomic E-state index is 13.5. The van der Waals surface area contributed by atoms with Gasteiger partial charge >= 0.3 is 0 Å². The van der Waals surface area contributed by atoms with Crippen LogP contribution in [0.4, 0.5) is 0 Å². The molecule has 4 amide bonds. The Kier molecular flexibility index (Phi) is 12.9. The molecule has 0 unspecified atom stereocenters. The topological polar surface area (TPSA) is 151 Å². The summed E-state index contributed by atoms with van der Waals surface area (Å²) in [6.45, 7) is 11.3. The van der Waals surface area contributed by atoms with Crippen LogP contribution in [0.3, 0.4) is 0 Å². The van der Waals surface area contributed by atoms with E-state index in [1.165, 1.54) is 18.7 Å². The van der Waals surface area contributed by atoms with Crippen LogP contribution < -0.4 is 21.7 Å². The number of likely N-dealkylation sites (tertiary alicyclic amines) is 1. The number of rotatable bonds is 14. The van der Waals surface area contributed by atoms with Crippen molar-refractivity contribution in [3.63, 3.8) is 0 Å². The normalized spacial score (nSPS) is 18.2. The van der Waals surface area contributed by atoms with Crippen molar-refractivity contribution in [3.8, 4) is 0 Å². The molecule has 0 saturated carbocycles. The van der Waals surface area contributed by atoms with Crippen LogP contribution in [-0.2, 0) is 24.0 Å². The third-order valence-corrected chi connectivity index (χ3v) is 6.22. The highest BCUT2D eigenvalue weighted by molar-refractivity contribution is 5.95. The van der Waals surface area contributed by atoms with Crippen LogP contribution in [0.25, 0.3) is 0 Å². The van der Waals surface area contributed by atoms with Crippen LogP contribution in [0.2, 0.25) is 0 Å². The maximum absolute atomic E-state index is 13.5. The summed E-state index contributed by atoms with van der Waals surface area (Å²) in [5.41, 5.74) is 5.54. The molecule has 0 aromatic carbocycles. The van der Waals surface area contributed by atoms with Crippen LogP contribution in [0, 0.1) is 11.8 Å². The molecule has 5 N–H and O–H groups in total. The Bertz CT molecular complexity index is 755. The fourth-order valence-electron chi connectivity index (χ4n) is 4.32. The number of nitrogens with zero attached hydrogens (tertiary/aromatic N) is 1. The van der Waals surface area contributed by atoms with Gasteiger partial charge in [0.05, 0.1) is 6.04 Å². The number of amides is 4. The average molecular weight is 496 g/mol. The van der Waals surface area contributed by atoms with E-state index in [4.69, 9.17) is 5.73 Å². The summed E-state index contributed by atoms with van der Waals surface area (Å²) in [4.78, 5) is 64.7. The Morgan fingerprint density at radius 2 is 1.60 bits per heavy atom. The largest absolute Gasteiger partial charge is 0.345 e. The molecule has 35 heavy (non-hydrogen) atoms. The second kappa shape index (κ2) is 14.8. The molecular weight excluding hydrogens is 450 g/mol. The van der Waals surface area contributed by atoms with Gasteiger partial charge in [-0.1, -0.05) is 27.7 Å². The summed E-state index contributed by atoms with van der Waals surface area (Å²) in [6, 6.07) is -2.89. The first-order chi connectivity index (χ1) is 16.4. The van der Waals surface area contributed by atoms with Crippen LogP contribution in [-0.4, -0.2) is 71.6 Å². The van der Waals surface area contributed by atoms with Gasteiger partial charge in [-0.2, -0.15) is 0 Å². The SMILES string of the molecule is CC(=O)N[C@@H](CCCCN)C(=O)N[C@H](C(=O)N1CCC[C@H]1C(=O)N[C@@H](CC(C)C)C(C)=O)C(C)C. The summed E-state index contributed by atoms with van der Waals surface area (Å²) in [7, 11) is 0. The van der Waals surface area contributed by atoms with Gasteiger partial charge in [0.2, 0.25) is 23.6 Å². The lowest BCUT2D eigenvalue weighted by molar-refractivity contribution is -0.143. The molecule has 0 aromatic rings. The predicted molar refractivity (Wildman–Crippen MR) is 134 cm³/mol. The van der Waals surface area contributed by atoms with Crippen molar-refractivity contribution in [2.24, 2.45) is 17.6 Å². The van der Waals surface area contributed by atoms with E-state index in [-0.39, 0.29) is 35.3 Å². The Balaban J connectivity index is 2.97. The number of hydrogen-bond acceptors (Lipinski definition) is 6. The first kappa shape index (κ1) is 30.5. The van der Waals surface area contributed by atoms with Gasteiger partial charge in [0.1, 0.15) is 18.1 Å². The highest BCUT2D eigenvalue weighted by Gasteiger charge is 2.40. The van der Waals surface area contributed by atoms with E-state index >= 15 is 0 Å². The number of unbranched alkanes of at least 4 members (excludes halogenated alkanes) is 1. The minimum Gasteiger partial charge on any atom is -0.345 e. The zero-order chi connectivity index (χ0) is 26.7. The number of hydrogen-bond donors (Lipinski definition) is 4. The monoisotopic (exact) mass is 495 g/mol. The highest BCUT2D eigenvalue weighted by Crippen LogP contribution is 2.21. The Labute approximate surface area is 209 Å². The number of Topliss-reactive ketones (excluding diaryl/α,β-unsaturated/α-hetero) is 1. The Morgan fingerprint density at radius 3 is 2.11 bits per heavy atom. The summed E-state index contributed by atoms with van der Waals surface area (Å²) in [5, 5.41) is 8.29. The van der Waals surface area contributed by atoms with Crippen molar-refractivity contribution < 1.29 is 24.0 Å². The van der Waals surface area contributed by atoms with E-state index < -0.39 is 30.1 Å². The molecule has 1 heterocycles. The second-order valence-electron chi connectivity index (χ2n) is 10.3. The van der Waals surface area contributed by atoms with E-state index in [1.54, 1.807) is 0 Å². The number of nitrogens with one attached hydrogen (secondary N) is 3. The minimum atomic E-state index is -0.846. The van der Waals surface area contributed by atoms with Crippen molar-refractivity contribution in [1.82, 2.24) is 20.9 Å². The fraction of sp³-hybridized carbons (Fsp3) is 0.800. The molecule has 0 aromatic heterocycles. The van der Waals surface area contributed by atoms with Crippen molar-refractivity contribution in [2.75, 3.05) is 13.1 Å². The van der Waals surface area contributed by atoms with Gasteiger partial charge in [-0.05, 0) is 63.8 Å². The van der Waals surface area contributed by atoms with Crippen LogP contribution in [0.1, 0.15) is 80.1 Å². The molecule has 1 saturated heterocycles. The molecule has 1 aliphatic heterocycles. The maximum Gasteiger partial charge on any atom is 0.246 e. The molecule has 0 radical (unpaired) electrons. The highest BCUT2D eigenvalue weighted by atomic mass is 16.2. The van der Waals surface area contributed by atoms with E-state index in [9.17, 15) is 24.0 Å². The van der Waals surface area contributed by atoms with Crippen molar-refractivity contribution in [2.45, 2.75) is 104 Å². The summed E-state index contributed by atoms with van der Waals surface area (Å²) in [5.74, 6) is -1.56. The van der Waals surface area contributed by atoms with E-state index in [1.807, 2.05) is 27.7 Å². The Hall–Kier alpha value is -2.49.